The summed E-state index contributed by atoms with van der Waals surface area (Å²) in [6, 6.07) is 0. The minimum absolute atomic E-state index is 0.0359. The molecule has 0 saturated heterocycles. The van der Waals surface area contributed by atoms with Crippen LogP contribution in [0.1, 0.15) is 78.6 Å². The molecule has 3 heteroatoms. The van der Waals surface area contributed by atoms with E-state index in [1.54, 1.807) is 5.57 Å². The molecule has 1 saturated carbocycles. The van der Waals surface area contributed by atoms with E-state index in [0.29, 0.717) is 23.7 Å². The van der Waals surface area contributed by atoms with Crippen LogP contribution in [0, 0.1) is 17.3 Å². The van der Waals surface area contributed by atoms with E-state index < -0.39 is 5.92 Å². The van der Waals surface area contributed by atoms with Gasteiger partial charge in [0.05, 0.1) is 0 Å². The van der Waals surface area contributed by atoms with Crippen LogP contribution in [0.4, 0.5) is 8.78 Å². The van der Waals surface area contributed by atoms with Crippen molar-refractivity contribution in [2.45, 2.75) is 88.4 Å². The van der Waals surface area contributed by atoms with Gasteiger partial charge >= 0.3 is 0 Å². The highest BCUT2D eigenvalue weighted by atomic mass is 127. The molecular formula is C19H31F2I. The lowest BCUT2D eigenvalue weighted by Crippen LogP contribution is -2.17. The second kappa shape index (κ2) is 7.48. The molecule has 0 aromatic heterocycles. The number of alkyl halides is 3. The average molecular weight is 424 g/mol. The topological polar surface area (TPSA) is 0 Å². The molecule has 2 rings (SSSR count). The second-order valence-corrected chi connectivity index (χ2v) is 9.90. The van der Waals surface area contributed by atoms with Crippen molar-refractivity contribution in [3.63, 3.8) is 0 Å². The summed E-state index contributed by atoms with van der Waals surface area (Å²) in [4.78, 5) is 0. The summed E-state index contributed by atoms with van der Waals surface area (Å²) in [5.41, 5.74) is 2.23. The molecule has 0 aromatic rings. The van der Waals surface area contributed by atoms with Gasteiger partial charge in [0.1, 0.15) is 0 Å². The fraction of sp³-hybridized carbons (Fsp3) is 0.895. The van der Waals surface area contributed by atoms with Gasteiger partial charge in [0.25, 0.3) is 0 Å². The van der Waals surface area contributed by atoms with Gasteiger partial charge in [-0.1, -0.05) is 48.1 Å². The van der Waals surface area contributed by atoms with Crippen LogP contribution in [0.3, 0.4) is 0 Å². The zero-order valence-electron chi connectivity index (χ0n) is 14.3. The minimum Gasteiger partial charge on any atom is -0.207 e. The van der Waals surface area contributed by atoms with Gasteiger partial charge in [-0.15, -0.1) is 0 Å². The molecule has 22 heavy (non-hydrogen) atoms. The van der Waals surface area contributed by atoms with Crippen molar-refractivity contribution >= 4 is 22.6 Å². The molecule has 0 aromatic carbocycles. The SMILES string of the molecule is CC(C[C@H](C)CCC(C)(F)F)CC1(C2=CC[C@H](I)CC2)CC1. The van der Waals surface area contributed by atoms with E-state index in [1.807, 2.05) is 0 Å². The van der Waals surface area contributed by atoms with E-state index in [2.05, 4.69) is 42.5 Å². The summed E-state index contributed by atoms with van der Waals surface area (Å²) in [7, 11) is 0. The molecule has 0 spiro atoms. The molecule has 0 aliphatic heterocycles. The Morgan fingerprint density at radius 3 is 2.50 bits per heavy atom. The third-order valence-corrected chi connectivity index (χ3v) is 6.63. The van der Waals surface area contributed by atoms with E-state index in [-0.39, 0.29) is 6.42 Å². The maximum atomic E-state index is 13.0. The highest BCUT2D eigenvalue weighted by Crippen LogP contribution is 2.59. The largest absolute Gasteiger partial charge is 0.245 e. The van der Waals surface area contributed by atoms with E-state index in [4.69, 9.17) is 0 Å². The molecule has 0 amide bonds. The van der Waals surface area contributed by atoms with Crippen LogP contribution in [0.15, 0.2) is 11.6 Å². The predicted molar refractivity (Wildman–Crippen MR) is 98.8 cm³/mol. The fourth-order valence-corrected chi connectivity index (χ4v) is 4.71. The van der Waals surface area contributed by atoms with Crippen molar-refractivity contribution in [1.29, 1.82) is 0 Å². The molecule has 128 valence electrons. The zero-order chi connectivity index (χ0) is 16.4. The van der Waals surface area contributed by atoms with Crippen molar-refractivity contribution in [3.05, 3.63) is 11.6 Å². The summed E-state index contributed by atoms with van der Waals surface area (Å²) < 4.78 is 26.8. The van der Waals surface area contributed by atoms with Crippen LogP contribution in [-0.4, -0.2) is 9.85 Å². The van der Waals surface area contributed by atoms with Crippen LogP contribution >= 0.6 is 22.6 Å². The van der Waals surface area contributed by atoms with Gasteiger partial charge in [0.15, 0.2) is 0 Å². The van der Waals surface area contributed by atoms with Crippen LogP contribution in [0.25, 0.3) is 0 Å². The van der Waals surface area contributed by atoms with Crippen molar-refractivity contribution in [1.82, 2.24) is 0 Å². The summed E-state index contributed by atoms with van der Waals surface area (Å²) in [5.74, 6) is -1.44. The Hall–Kier alpha value is 0.330. The highest BCUT2D eigenvalue weighted by molar-refractivity contribution is 14.1. The Balaban J connectivity index is 1.78. The third kappa shape index (κ3) is 5.76. The van der Waals surface area contributed by atoms with E-state index in [9.17, 15) is 8.78 Å². The van der Waals surface area contributed by atoms with Gasteiger partial charge in [-0.2, -0.15) is 0 Å². The molecule has 0 N–H and O–H groups in total. The first-order chi connectivity index (χ1) is 10.2. The van der Waals surface area contributed by atoms with Crippen LogP contribution in [0.2, 0.25) is 0 Å². The summed E-state index contributed by atoms with van der Waals surface area (Å²) >= 11 is 2.57. The highest BCUT2D eigenvalue weighted by Gasteiger charge is 2.46. The molecule has 0 heterocycles. The van der Waals surface area contributed by atoms with Crippen LogP contribution in [-0.2, 0) is 0 Å². The molecule has 0 bridgehead atoms. The molecule has 3 atom stereocenters. The smallest absolute Gasteiger partial charge is 0.207 e. The van der Waals surface area contributed by atoms with Crippen LogP contribution < -0.4 is 0 Å². The number of hydrogen-bond donors (Lipinski definition) is 0. The van der Waals surface area contributed by atoms with Gasteiger partial charge in [-0.3, -0.25) is 0 Å². The van der Waals surface area contributed by atoms with Crippen molar-refractivity contribution in [3.8, 4) is 0 Å². The van der Waals surface area contributed by atoms with Crippen molar-refractivity contribution in [2.75, 3.05) is 0 Å². The lowest BCUT2D eigenvalue weighted by Gasteiger charge is -2.28. The zero-order valence-corrected chi connectivity index (χ0v) is 16.5. The molecule has 1 unspecified atom stereocenters. The lowest BCUT2D eigenvalue weighted by atomic mass is 9.78. The summed E-state index contributed by atoms with van der Waals surface area (Å²) in [6.45, 7) is 5.51. The quantitative estimate of drug-likeness (QED) is 0.220. The summed E-state index contributed by atoms with van der Waals surface area (Å²) in [6.07, 6.45) is 12.2. The monoisotopic (exact) mass is 424 g/mol. The minimum atomic E-state index is -2.50. The first-order valence-electron chi connectivity index (χ1n) is 8.92. The number of rotatable bonds is 8. The van der Waals surface area contributed by atoms with Gasteiger partial charge in [-0.05, 0) is 75.5 Å². The Kier molecular flexibility index (Phi) is 6.35. The number of hydrogen-bond acceptors (Lipinski definition) is 0. The standard InChI is InChI=1S/C19H31F2I/c1-14(8-9-18(3,20)21)12-15(2)13-19(10-11-19)16-4-6-17(22)7-5-16/h4,14-15,17H,5-13H2,1-3H3/t14-,15?,17+/m1/s1. The maximum absolute atomic E-state index is 13.0. The van der Waals surface area contributed by atoms with Gasteiger partial charge < -0.3 is 0 Å². The molecule has 2 aliphatic rings. The fourth-order valence-electron chi connectivity index (χ4n) is 4.15. The first-order valence-corrected chi connectivity index (χ1v) is 10.2. The van der Waals surface area contributed by atoms with Crippen molar-refractivity contribution in [2.24, 2.45) is 17.3 Å². The first kappa shape index (κ1) is 18.7. The lowest BCUT2D eigenvalue weighted by molar-refractivity contribution is 0.00633. The number of halogens is 3. The Bertz CT molecular complexity index is 393. The van der Waals surface area contributed by atoms with E-state index >= 15 is 0 Å². The van der Waals surface area contributed by atoms with Gasteiger partial charge in [0, 0.05) is 10.3 Å². The summed E-state index contributed by atoms with van der Waals surface area (Å²) in [5, 5.41) is 0. The normalized spacial score (nSPS) is 27.2. The Morgan fingerprint density at radius 1 is 1.32 bits per heavy atom. The molecule has 2 aliphatic carbocycles. The second-order valence-electron chi connectivity index (χ2n) is 8.14. The predicted octanol–water partition coefficient (Wildman–Crippen LogP) is 7.17. The average Bonchev–Trinajstić information content (AvgIpc) is 3.17. The van der Waals surface area contributed by atoms with Crippen molar-refractivity contribution < 1.29 is 8.78 Å². The van der Waals surface area contributed by atoms with E-state index in [1.165, 1.54) is 38.5 Å². The van der Waals surface area contributed by atoms with Gasteiger partial charge in [-0.25, -0.2) is 8.78 Å². The molecular weight excluding hydrogens is 393 g/mol. The number of allylic oxidation sites excluding steroid dienone is 2. The van der Waals surface area contributed by atoms with Crippen LogP contribution in [0.5, 0.6) is 0 Å². The molecule has 1 fully saturated rings. The van der Waals surface area contributed by atoms with Gasteiger partial charge in [0.2, 0.25) is 5.92 Å². The van der Waals surface area contributed by atoms with E-state index in [0.717, 1.165) is 17.3 Å². The Labute approximate surface area is 148 Å². The molecule has 0 nitrogen and oxygen atoms in total. The molecule has 0 radical (unpaired) electrons. The Morgan fingerprint density at radius 2 is 2.00 bits per heavy atom. The maximum Gasteiger partial charge on any atom is 0.245 e. The third-order valence-electron chi connectivity index (χ3n) is 5.50.